The van der Waals surface area contributed by atoms with Crippen LogP contribution >= 0.6 is 0 Å². The second-order valence-electron chi connectivity index (χ2n) is 5.65. The first-order chi connectivity index (χ1) is 9.43. The number of amides is 1. The topological polar surface area (TPSA) is 52.6 Å². The Hall–Kier alpha value is -1.39. The minimum atomic E-state index is -1.05. The zero-order valence-corrected chi connectivity index (χ0v) is 12.8. The number of benzene rings is 1. The smallest absolute Gasteiger partial charge is 0.256 e. The van der Waals surface area contributed by atoms with Gasteiger partial charge in [0.25, 0.3) is 5.91 Å². The summed E-state index contributed by atoms with van der Waals surface area (Å²) in [4.78, 5) is 14.2. The monoisotopic (exact) mass is 276 g/mol. The number of aliphatic hydroxyl groups excluding tert-OH is 1. The molecule has 110 valence electrons. The number of nitrogens with zero attached hydrogens (tertiary/aromatic N) is 1. The number of piperazine rings is 1. The average Bonchev–Trinajstić information content (AvgIpc) is 2.45. The first kappa shape index (κ1) is 15.0. The molecule has 0 aromatic heterocycles. The van der Waals surface area contributed by atoms with Crippen molar-refractivity contribution in [3.63, 3.8) is 0 Å². The fourth-order valence-corrected chi connectivity index (χ4v) is 2.84. The lowest BCUT2D eigenvalue weighted by Crippen LogP contribution is -2.48. The van der Waals surface area contributed by atoms with Crippen LogP contribution in [0.25, 0.3) is 0 Å². The summed E-state index contributed by atoms with van der Waals surface area (Å²) < 4.78 is 0. The van der Waals surface area contributed by atoms with Crippen LogP contribution in [0.1, 0.15) is 33.9 Å². The van der Waals surface area contributed by atoms with Crippen molar-refractivity contribution >= 4 is 5.91 Å². The third-order valence-electron chi connectivity index (χ3n) is 4.36. The number of nitrogens with one attached hydrogen (secondary N) is 1. The van der Waals surface area contributed by atoms with Gasteiger partial charge in [0.15, 0.2) is 6.10 Å². The van der Waals surface area contributed by atoms with Crippen LogP contribution in [-0.2, 0) is 4.79 Å². The zero-order chi connectivity index (χ0) is 14.9. The molecule has 1 atom stereocenters. The highest BCUT2D eigenvalue weighted by atomic mass is 16.3. The van der Waals surface area contributed by atoms with Gasteiger partial charge in [-0.25, -0.2) is 0 Å². The molecule has 4 nitrogen and oxygen atoms in total. The van der Waals surface area contributed by atoms with Crippen LogP contribution in [0.3, 0.4) is 0 Å². The van der Waals surface area contributed by atoms with Crippen molar-refractivity contribution < 1.29 is 9.90 Å². The van der Waals surface area contributed by atoms with Crippen molar-refractivity contribution in [1.29, 1.82) is 0 Å². The molecule has 1 saturated heterocycles. The molecule has 1 fully saturated rings. The molecular formula is C16H24N2O2. The normalized spacial score (nSPS) is 17.1. The molecular weight excluding hydrogens is 252 g/mol. The predicted octanol–water partition coefficient (Wildman–Crippen LogP) is 1.39. The van der Waals surface area contributed by atoms with E-state index >= 15 is 0 Å². The van der Waals surface area contributed by atoms with E-state index in [9.17, 15) is 9.90 Å². The van der Waals surface area contributed by atoms with Crippen molar-refractivity contribution in [1.82, 2.24) is 10.2 Å². The van der Waals surface area contributed by atoms with E-state index in [4.69, 9.17) is 0 Å². The molecule has 4 heteroatoms. The van der Waals surface area contributed by atoms with E-state index in [0.717, 1.165) is 40.9 Å². The Kier molecular flexibility index (Phi) is 4.45. The van der Waals surface area contributed by atoms with Crippen LogP contribution in [0.2, 0.25) is 0 Å². The molecule has 1 aliphatic rings. The molecule has 2 N–H and O–H groups in total. The van der Waals surface area contributed by atoms with Crippen LogP contribution < -0.4 is 5.32 Å². The Balaban J connectivity index is 2.33. The number of aliphatic hydroxyl groups is 1. The van der Waals surface area contributed by atoms with Gasteiger partial charge in [-0.05, 0) is 55.5 Å². The van der Waals surface area contributed by atoms with Gasteiger partial charge >= 0.3 is 0 Å². The van der Waals surface area contributed by atoms with Gasteiger partial charge < -0.3 is 15.3 Å². The van der Waals surface area contributed by atoms with Gasteiger partial charge in [0.2, 0.25) is 0 Å². The van der Waals surface area contributed by atoms with Gasteiger partial charge in [-0.2, -0.15) is 0 Å². The highest BCUT2D eigenvalue weighted by Gasteiger charge is 2.28. The lowest BCUT2D eigenvalue weighted by Gasteiger charge is -2.30. The maximum absolute atomic E-state index is 12.5. The number of carbonyl (C=O) groups is 1. The SMILES string of the molecule is Cc1cc(C)c(C)c(C(O)C(=O)N2CCNCC2)c1C. The summed E-state index contributed by atoms with van der Waals surface area (Å²) in [5, 5.41) is 13.8. The molecule has 1 aromatic carbocycles. The fourth-order valence-electron chi connectivity index (χ4n) is 2.84. The third kappa shape index (κ3) is 2.72. The largest absolute Gasteiger partial charge is 0.378 e. The van der Waals surface area contributed by atoms with E-state index in [1.165, 1.54) is 0 Å². The van der Waals surface area contributed by atoms with Crippen LogP contribution in [-0.4, -0.2) is 42.1 Å². The standard InChI is InChI=1S/C16H24N2O2/c1-10-9-11(2)13(4)14(12(10)3)15(19)16(20)18-7-5-17-6-8-18/h9,15,17,19H,5-8H2,1-4H3. The number of hydrogen-bond acceptors (Lipinski definition) is 3. The number of rotatable bonds is 2. The summed E-state index contributed by atoms with van der Waals surface area (Å²) >= 11 is 0. The van der Waals surface area contributed by atoms with Crippen molar-refractivity contribution in [3.05, 3.63) is 33.9 Å². The number of hydrogen-bond donors (Lipinski definition) is 2. The molecule has 0 saturated carbocycles. The molecule has 1 amide bonds. The van der Waals surface area contributed by atoms with Crippen LogP contribution in [0, 0.1) is 27.7 Å². The molecule has 20 heavy (non-hydrogen) atoms. The van der Waals surface area contributed by atoms with Crippen molar-refractivity contribution in [2.75, 3.05) is 26.2 Å². The number of carbonyl (C=O) groups excluding carboxylic acids is 1. The summed E-state index contributed by atoms with van der Waals surface area (Å²) in [5.74, 6) is -0.178. The first-order valence-electron chi connectivity index (χ1n) is 7.18. The van der Waals surface area contributed by atoms with Gasteiger partial charge in [-0.3, -0.25) is 4.79 Å². The van der Waals surface area contributed by atoms with Crippen LogP contribution in [0.4, 0.5) is 0 Å². The minimum Gasteiger partial charge on any atom is -0.378 e. The van der Waals surface area contributed by atoms with Crippen molar-refractivity contribution in [2.24, 2.45) is 0 Å². The summed E-state index contributed by atoms with van der Waals surface area (Å²) in [5.41, 5.74) is 5.06. The van der Waals surface area contributed by atoms with Gasteiger partial charge in [0, 0.05) is 26.2 Å². The molecule has 0 aliphatic carbocycles. The molecule has 1 heterocycles. The molecule has 0 radical (unpaired) electrons. The zero-order valence-electron chi connectivity index (χ0n) is 12.8. The van der Waals surface area contributed by atoms with E-state index in [1.807, 2.05) is 27.7 Å². The Morgan fingerprint density at radius 2 is 1.65 bits per heavy atom. The van der Waals surface area contributed by atoms with E-state index in [1.54, 1.807) is 4.90 Å². The van der Waals surface area contributed by atoms with Gasteiger partial charge in [-0.1, -0.05) is 6.07 Å². The summed E-state index contributed by atoms with van der Waals surface area (Å²) in [6.45, 7) is 10.9. The predicted molar refractivity (Wildman–Crippen MR) is 79.8 cm³/mol. The molecule has 1 unspecified atom stereocenters. The Morgan fingerprint density at radius 1 is 1.15 bits per heavy atom. The van der Waals surface area contributed by atoms with Gasteiger partial charge in [0.05, 0.1) is 0 Å². The van der Waals surface area contributed by atoms with Crippen LogP contribution in [0.5, 0.6) is 0 Å². The third-order valence-corrected chi connectivity index (χ3v) is 4.36. The summed E-state index contributed by atoms with van der Waals surface area (Å²) in [6.07, 6.45) is -1.05. The lowest BCUT2D eigenvalue weighted by atomic mass is 9.90. The second kappa shape index (κ2) is 5.94. The summed E-state index contributed by atoms with van der Waals surface area (Å²) in [6, 6.07) is 2.11. The van der Waals surface area contributed by atoms with Crippen molar-refractivity contribution in [3.8, 4) is 0 Å². The molecule has 2 rings (SSSR count). The van der Waals surface area contributed by atoms with E-state index in [0.29, 0.717) is 13.1 Å². The van der Waals surface area contributed by atoms with Gasteiger partial charge in [-0.15, -0.1) is 0 Å². The molecule has 0 bridgehead atoms. The lowest BCUT2D eigenvalue weighted by molar-refractivity contribution is -0.141. The Bertz CT molecular complexity index is 493. The molecule has 1 aromatic rings. The van der Waals surface area contributed by atoms with Crippen LogP contribution in [0.15, 0.2) is 6.07 Å². The van der Waals surface area contributed by atoms with E-state index < -0.39 is 6.10 Å². The van der Waals surface area contributed by atoms with E-state index in [-0.39, 0.29) is 5.91 Å². The first-order valence-corrected chi connectivity index (χ1v) is 7.18. The average molecular weight is 276 g/mol. The quantitative estimate of drug-likeness (QED) is 0.858. The maximum Gasteiger partial charge on any atom is 0.256 e. The highest BCUT2D eigenvalue weighted by Crippen LogP contribution is 2.28. The van der Waals surface area contributed by atoms with Crippen molar-refractivity contribution in [2.45, 2.75) is 33.8 Å². The Morgan fingerprint density at radius 3 is 2.15 bits per heavy atom. The van der Waals surface area contributed by atoms with E-state index in [2.05, 4.69) is 11.4 Å². The molecule has 0 spiro atoms. The number of aryl methyl sites for hydroxylation is 2. The highest BCUT2D eigenvalue weighted by molar-refractivity contribution is 5.83. The minimum absolute atomic E-state index is 0.178. The fraction of sp³-hybridized carbons (Fsp3) is 0.562. The Labute approximate surface area is 120 Å². The van der Waals surface area contributed by atoms with Gasteiger partial charge in [0.1, 0.15) is 0 Å². The molecule has 1 aliphatic heterocycles. The summed E-state index contributed by atoms with van der Waals surface area (Å²) in [7, 11) is 0. The second-order valence-corrected chi connectivity index (χ2v) is 5.65. The maximum atomic E-state index is 12.5.